The summed E-state index contributed by atoms with van der Waals surface area (Å²) in [7, 11) is 2.17. The number of aryl methyl sites for hydroxylation is 1. The lowest BCUT2D eigenvalue weighted by Gasteiger charge is -2.34. The van der Waals surface area contributed by atoms with E-state index in [2.05, 4.69) is 69.2 Å². The molecule has 0 bridgehead atoms. The average Bonchev–Trinajstić information content (AvgIpc) is 2.65. The van der Waals surface area contributed by atoms with Crippen molar-refractivity contribution in [1.29, 1.82) is 0 Å². The highest BCUT2D eigenvalue weighted by Gasteiger charge is 2.22. The molecule has 26 heavy (non-hydrogen) atoms. The molecule has 0 N–H and O–H groups in total. The molecule has 0 saturated carbocycles. The predicted octanol–water partition coefficient (Wildman–Crippen LogP) is 4.41. The molecule has 0 aromatic heterocycles. The molecule has 0 atom stereocenters. The van der Waals surface area contributed by atoms with E-state index in [9.17, 15) is 4.79 Å². The Labute approximate surface area is 163 Å². The van der Waals surface area contributed by atoms with Crippen LogP contribution in [-0.4, -0.2) is 43.9 Å². The van der Waals surface area contributed by atoms with Crippen molar-refractivity contribution in [3.63, 3.8) is 0 Å². The molecule has 0 unspecified atom stereocenters. The molecule has 0 amide bonds. The number of piperazine rings is 1. The number of Topliss-reactive ketones (excluding diaryl/α,β-unsaturated/α-hetero) is 1. The zero-order chi connectivity index (χ0) is 18.1. The third-order valence-corrected chi connectivity index (χ3v) is 5.86. The Kier molecular flexibility index (Phi) is 4.96. The van der Waals surface area contributed by atoms with Gasteiger partial charge >= 0.3 is 0 Å². The van der Waals surface area contributed by atoms with Crippen LogP contribution >= 0.6 is 15.9 Å². The lowest BCUT2D eigenvalue weighted by Crippen LogP contribution is -2.44. The standard InChI is InChI=1S/C22H23BrN2O/c1-24-10-12-25(13-11-24)20-7-2-16(3-8-20)14-18-5-4-17-15-19(23)6-9-21(17)22(18)26/h2-3,6-9,14-15H,4-5,10-13H2,1H3/b18-14+. The van der Waals surface area contributed by atoms with E-state index >= 15 is 0 Å². The first-order valence-electron chi connectivity index (χ1n) is 9.17. The van der Waals surface area contributed by atoms with Crippen LogP contribution in [0, 0.1) is 0 Å². The number of hydrogen-bond donors (Lipinski definition) is 0. The van der Waals surface area contributed by atoms with Crippen molar-refractivity contribution in [1.82, 2.24) is 4.90 Å². The molecule has 4 heteroatoms. The van der Waals surface area contributed by atoms with Crippen LogP contribution in [0.5, 0.6) is 0 Å². The smallest absolute Gasteiger partial charge is 0.189 e. The highest BCUT2D eigenvalue weighted by atomic mass is 79.9. The Hall–Kier alpha value is -1.91. The Balaban J connectivity index is 1.52. The molecule has 2 aliphatic rings. The van der Waals surface area contributed by atoms with E-state index in [0.717, 1.165) is 65.8 Å². The van der Waals surface area contributed by atoms with Gasteiger partial charge in [-0.25, -0.2) is 0 Å². The van der Waals surface area contributed by atoms with Gasteiger partial charge in [0.1, 0.15) is 0 Å². The van der Waals surface area contributed by atoms with Gasteiger partial charge in [0.25, 0.3) is 0 Å². The van der Waals surface area contributed by atoms with E-state index in [1.54, 1.807) is 0 Å². The number of nitrogens with zero attached hydrogens (tertiary/aromatic N) is 2. The summed E-state index contributed by atoms with van der Waals surface area (Å²) >= 11 is 3.49. The predicted molar refractivity (Wildman–Crippen MR) is 111 cm³/mol. The number of anilines is 1. The van der Waals surface area contributed by atoms with E-state index in [1.807, 2.05) is 12.1 Å². The molecular formula is C22H23BrN2O. The monoisotopic (exact) mass is 410 g/mol. The van der Waals surface area contributed by atoms with Gasteiger partial charge in [-0.1, -0.05) is 28.1 Å². The fraction of sp³-hybridized carbons (Fsp3) is 0.318. The number of carbonyl (C=O) groups is 1. The van der Waals surface area contributed by atoms with Gasteiger partial charge in [-0.2, -0.15) is 0 Å². The number of likely N-dealkylation sites (N-methyl/N-ethyl adjacent to an activating group) is 1. The second-order valence-corrected chi connectivity index (χ2v) is 8.10. The summed E-state index contributed by atoms with van der Waals surface area (Å²) in [6.07, 6.45) is 3.79. The minimum Gasteiger partial charge on any atom is -0.369 e. The Bertz CT molecular complexity index is 849. The van der Waals surface area contributed by atoms with Gasteiger partial charge in [0.05, 0.1) is 0 Å². The topological polar surface area (TPSA) is 23.6 Å². The van der Waals surface area contributed by atoms with Crippen LogP contribution in [0.3, 0.4) is 0 Å². The fourth-order valence-corrected chi connectivity index (χ4v) is 4.14. The summed E-state index contributed by atoms with van der Waals surface area (Å²) in [4.78, 5) is 17.6. The Morgan fingerprint density at radius 3 is 2.42 bits per heavy atom. The largest absolute Gasteiger partial charge is 0.369 e. The molecule has 1 saturated heterocycles. The molecule has 0 spiro atoms. The van der Waals surface area contributed by atoms with E-state index in [-0.39, 0.29) is 5.78 Å². The van der Waals surface area contributed by atoms with E-state index in [0.29, 0.717) is 0 Å². The Morgan fingerprint density at radius 2 is 1.69 bits per heavy atom. The average molecular weight is 411 g/mol. The summed E-state index contributed by atoms with van der Waals surface area (Å²) in [5.74, 6) is 0.168. The van der Waals surface area contributed by atoms with E-state index in [4.69, 9.17) is 0 Å². The van der Waals surface area contributed by atoms with E-state index in [1.165, 1.54) is 5.69 Å². The number of rotatable bonds is 2. The van der Waals surface area contributed by atoms with Crippen molar-refractivity contribution in [2.45, 2.75) is 12.8 Å². The quantitative estimate of drug-likeness (QED) is 0.684. The van der Waals surface area contributed by atoms with Crippen LogP contribution in [0.15, 0.2) is 52.5 Å². The first kappa shape index (κ1) is 17.5. The number of fused-ring (bicyclic) bond motifs is 1. The minimum atomic E-state index is 0.168. The minimum absolute atomic E-state index is 0.168. The summed E-state index contributed by atoms with van der Waals surface area (Å²) in [5, 5.41) is 0. The highest BCUT2D eigenvalue weighted by Crippen LogP contribution is 2.29. The zero-order valence-electron chi connectivity index (χ0n) is 15.0. The molecule has 1 fully saturated rings. The van der Waals surface area contributed by atoms with Crippen molar-refractivity contribution in [2.75, 3.05) is 38.1 Å². The molecule has 134 valence electrons. The zero-order valence-corrected chi connectivity index (χ0v) is 16.6. The molecule has 3 nitrogen and oxygen atoms in total. The number of benzene rings is 2. The maximum absolute atomic E-state index is 12.8. The first-order valence-corrected chi connectivity index (χ1v) is 9.97. The number of ketones is 1. The number of carbonyl (C=O) groups excluding carboxylic acids is 1. The van der Waals surface area contributed by atoms with Crippen LogP contribution in [0.1, 0.15) is 27.9 Å². The summed E-state index contributed by atoms with van der Waals surface area (Å²) in [6.45, 7) is 4.36. The Morgan fingerprint density at radius 1 is 0.962 bits per heavy atom. The van der Waals surface area contributed by atoms with Crippen LogP contribution in [0.25, 0.3) is 6.08 Å². The van der Waals surface area contributed by atoms with Crippen molar-refractivity contribution < 1.29 is 4.79 Å². The van der Waals surface area contributed by atoms with Crippen LogP contribution in [0.4, 0.5) is 5.69 Å². The molecule has 4 rings (SSSR count). The molecule has 1 aliphatic heterocycles. The molecule has 1 aliphatic carbocycles. The van der Waals surface area contributed by atoms with Gasteiger partial charge in [-0.15, -0.1) is 0 Å². The first-order chi connectivity index (χ1) is 12.6. The maximum Gasteiger partial charge on any atom is 0.189 e. The molecule has 0 radical (unpaired) electrons. The second kappa shape index (κ2) is 7.37. The molecule has 2 aromatic rings. The second-order valence-electron chi connectivity index (χ2n) is 7.18. The van der Waals surface area contributed by atoms with Crippen molar-refractivity contribution >= 4 is 33.5 Å². The van der Waals surface area contributed by atoms with Gasteiger partial charge in [0.15, 0.2) is 5.78 Å². The molecule has 1 heterocycles. The number of halogens is 1. The van der Waals surface area contributed by atoms with Crippen LogP contribution in [-0.2, 0) is 6.42 Å². The van der Waals surface area contributed by atoms with Crippen LogP contribution < -0.4 is 4.90 Å². The van der Waals surface area contributed by atoms with Crippen molar-refractivity contribution in [3.05, 3.63) is 69.2 Å². The van der Waals surface area contributed by atoms with Gasteiger partial charge in [-0.3, -0.25) is 4.79 Å². The molecule has 2 aromatic carbocycles. The van der Waals surface area contributed by atoms with E-state index < -0.39 is 0 Å². The number of hydrogen-bond acceptors (Lipinski definition) is 3. The summed E-state index contributed by atoms with van der Waals surface area (Å²) in [5.41, 5.74) is 5.27. The molecular weight excluding hydrogens is 388 g/mol. The lowest BCUT2D eigenvalue weighted by molar-refractivity contribution is 0.102. The third kappa shape index (κ3) is 3.62. The lowest BCUT2D eigenvalue weighted by atomic mass is 9.86. The van der Waals surface area contributed by atoms with Gasteiger partial charge < -0.3 is 9.80 Å². The van der Waals surface area contributed by atoms with Crippen molar-refractivity contribution in [3.8, 4) is 0 Å². The van der Waals surface area contributed by atoms with Gasteiger partial charge in [0, 0.05) is 47.5 Å². The highest BCUT2D eigenvalue weighted by molar-refractivity contribution is 9.10. The fourth-order valence-electron chi connectivity index (χ4n) is 3.73. The van der Waals surface area contributed by atoms with Gasteiger partial charge in [0.2, 0.25) is 0 Å². The normalized spacial score (nSPS) is 19.7. The summed E-state index contributed by atoms with van der Waals surface area (Å²) in [6, 6.07) is 14.6. The van der Waals surface area contributed by atoms with Crippen LogP contribution in [0.2, 0.25) is 0 Å². The number of allylic oxidation sites excluding steroid dienone is 1. The SMILES string of the molecule is CN1CCN(c2ccc(/C=C3\CCc4cc(Br)ccc4C3=O)cc2)CC1. The van der Waals surface area contributed by atoms with Crippen molar-refractivity contribution in [2.24, 2.45) is 0 Å². The maximum atomic E-state index is 12.8. The third-order valence-electron chi connectivity index (χ3n) is 5.37. The summed E-state index contributed by atoms with van der Waals surface area (Å²) < 4.78 is 1.04. The van der Waals surface area contributed by atoms with Gasteiger partial charge in [-0.05, 0) is 67.4 Å².